The van der Waals surface area contributed by atoms with Gasteiger partial charge < -0.3 is 5.32 Å². The SMILES string of the molecule is Cc1c(Cl)cccc1NCc1ncnn1CC(C)C. The number of benzene rings is 1. The molecule has 0 saturated heterocycles. The summed E-state index contributed by atoms with van der Waals surface area (Å²) in [5, 5.41) is 8.38. The monoisotopic (exact) mass is 278 g/mol. The third kappa shape index (κ3) is 3.47. The number of nitrogens with one attached hydrogen (secondary N) is 1. The van der Waals surface area contributed by atoms with Crippen LogP contribution < -0.4 is 5.32 Å². The van der Waals surface area contributed by atoms with Crippen LogP contribution in [-0.2, 0) is 13.1 Å². The lowest BCUT2D eigenvalue weighted by Gasteiger charge is -2.12. The van der Waals surface area contributed by atoms with Crippen LogP contribution in [0.4, 0.5) is 5.69 Å². The van der Waals surface area contributed by atoms with Gasteiger partial charge in [0.05, 0.1) is 6.54 Å². The lowest BCUT2D eigenvalue weighted by atomic mass is 10.2. The Morgan fingerprint density at radius 3 is 2.89 bits per heavy atom. The summed E-state index contributed by atoms with van der Waals surface area (Å²) in [4.78, 5) is 4.29. The minimum Gasteiger partial charge on any atom is -0.377 e. The van der Waals surface area contributed by atoms with Gasteiger partial charge >= 0.3 is 0 Å². The molecule has 1 aromatic heterocycles. The van der Waals surface area contributed by atoms with Gasteiger partial charge in [0.25, 0.3) is 0 Å². The Bertz CT molecular complexity index is 548. The van der Waals surface area contributed by atoms with E-state index in [1.165, 1.54) is 0 Å². The van der Waals surface area contributed by atoms with E-state index in [9.17, 15) is 0 Å². The van der Waals surface area contributed by atoms with Crippen LogP contribution in [0, 0.1) is 12.8 Å². The van der Waals surface area contributed by atoms with E-state index in [1.807, 2.05) is 29.8 Å². The summed E-state index contributed by atoms with van der Waals surface area (Å²) in [7, 11) is 0. The Morgan fingerprint density at radius 2 is 2.16 bits per heavy atom. The van der Waals surface area contributed by atoms with Crippen molar-refractivity contribution in [3.8, 4) is 0 Å². The Kier molecular flexibility index (Phi) is 4.43. The summed E-state index contributed by atoms with van der Waals surface area (Å²) in [6.07, 6.45) is 1.60. The van der Waals surface area contributed by atoms with Gasteiger partial charge in [-0.2, -0.15) is 5.10 Å². The predicted octanol–water partition coefficient (Wildman–Crippen LogP) is 3.51. The molecule has 0 radical (unpaired) electrons. The molecule has 102 valence electrons. The molecule has 1 heterocycles. The van der Waals surface area contributed by atoms with Crippen molar-refractivity contribution in [3.05, 3.63) is 40.9 Å². The number of hydrogen-bond acceptors (Lipinski definition) is 3. The van der Waals surface area contributed by atoms with Gasteiger partial charge in [0.15, 0.2) is 0 Å². The first kappa shape index (κ1) is 13.9. The van der Waals surface area contributed by atoms with Gasteiger partial charge in [-0.1, -0.05) is 31.5 Å². The summed E-state index contributed by atoms with van der Waals surface area (Å²) in [6.45, 7) is 7.86. The molecule has 5 heteroatoms. The lowest BCUT2D eigenvalue weighted by Crippen LogP contribution is -2.13. The van der Waals surface area contributed by atoms with Crippen LogP contribution in [0.2, 0.25) is 5.02 Å². The Balaban J connectivity index is 2.06. The van der Waals surface area contributed by atoms with Crippen LogP contribution in [0.15, 0.2) is 24.5 Å². The molecule has 0 aliphatic heterocycles. The molecule has 0 amide bonds. The maximum Gasteiger partial charge on any atom is 0.146 e. The first-order chi connectivity index (χ1) is 9.08. The van der Waals surface area contributed by atoms with Crippen LogP contribution in [0.3, 0.4) is 0 Å². The highest BCUT2D eigenvalue weighted by Crippen LogP contribution is 2.23. The van der Waals surface area contributed by atoms with Crippen molar-refractivity contribution >= 4 is 17.3 Å². The van der Waals surface area contributed by atoms with Crippen molar-refractivity contribution < 1.29 is 0 Å². The fourth-order valence-corrected chi connectivity index (χ4v) is 2.07. The maximum absolute atomic E-state index is 6.10. The van der Waals surface area contributed by atoms with Gasteiger partial charge in [0, 0.05) is 17.3 Å². The van der Waals surface area contributed by atoms with Gasteiger partial charge in [-0.15, -0.1) is 0 Å². The number of nitrogens with zero attached hydrogens (tertiary/aromatic N) is 3. The molecule has 0 aliphatic carbocycles. The summed E-state index contributed by atoms with van der Waals surface area (Å²) >= 11 is 6.10. The Hall–Kier alpha value is -1.55. The predicted molar refractivity (Wildman–Crippen MR) is 78.4 cm³/mol. The fourth-order valence-electron chi connectivity index (χ4n) is 1.90. The van der Waals surface area contributed by atoms with Gasteiger partial charge in [-0.25, -0.2) is 9.67 Å². The quantitative estimate of drug-likeness (QED) is 0.910. The van der Waals surface area contributed by atoms with Crippen LogP contribution in [0.1, 0.15) is 25.2 Å². The van der Waals surface area contributed by atoms with Crippen LogP contribution in [0.25, 0.3) is 0 Å². The smallest absolute Gasteiger partial charge is 0.146 e. The number of anilines is 1. The topological polar surface area (TPSA) is 42.7 Å². The summed E-state index contributed by atoms with van der Waals surface area (Å²) < 4.78 is 1.94. The van der Waals surface area contributed by atoms with Crippen LogP contribution in [0.5, 0.6) is 0 Å². The van der Waals surface area contributed by atoms with Crippen LogP contribution in [-0.4, -0.2) is 14.8 Å². The third-order valence-electron chi connectivity index (χ3n) is 2.94. The largest absolute Gasteiger partial charge is 0.377 e. The first-order valence-electron chi connectivity index (χ1n) is 6.43. The Morgan fingerprint density at radius 1 is 1.37 bits per heavy atom. The summed E-state index contributed by atoms with van der Waals surface area (Å²) in [5.41, 5.74) is 2.09. The molecule has 0 saturated carbocycles. The van der Waals surface area contributed by atoms with Crippen molar-refractivity contribution in [1.82, 2.24) is 14.8 Å². The van der Waals surface area contributed by atoms with Crippen LogP contribution >= 0.6 is 11.6 Å². The number of aromatic nitrogens is 3. The molecule has 1 N–H and O–H groups in total. The summed E-state index contributed by atoms with van der Waals surface area (Å²) in [6, 6.07) is 5.85. The molecule has 0 fully saturated rings. The number of hydrogen-bond donors (Lipinski definition) is 1. The molecule has 1 aromatic carbocycles. The molecule has 0 aliphatic rings. The second-order valence-electron chi connectivity index (χ2n) is 5.02. The normalized spacial score (nSPS) is 11.0. The highest BCUT2D eigenvalue weighted by molar-refractivity contribution is 6.31. The molecule has 4 nitrogen and oxygen atoms in total. The van der Waals surface area contributed by atoms with E-state index in [0.717, 1.165) is 28.6 Å². The van der Waals surface area contributed by atoms with Crippen molar-refractivity contribution in [3.63, 3.8) is 0 Å². The average Bonchev–Trinajstić information content (AvgIpc) is 2.78. The minimum absolute atomic E-state index is 0.549. The van der Waals surface area contributed by atoms with Crippen molar-refractivity contribution in [2.45, 2.75) is 33.9 Å². The van der Waals surface area contributed by atoms with Crippen molar-refractivity contribution in [1.29, 1.82) is 0 Å². The number of halogens is 1. The molecule has 0 unspecified atom stereocenters. The van der Waals surface area contributed by atoms with Crippen molar-refractivity contribution in [2.24, 2.45) is 5.92 Å². The molecule has 19 heavy (non-hydrogen) atoms. The zero-order valence-corrected chi connectivity index (χ0v) is 12.3. The molecular weight excluding hydrogens is 260 g/mol. The molecular formula is C14H19ClN4. The maximum atomic E-state index is 6.10. The van der Waals surface area contributed by atoms with E-state index in [2.05, 4.69) is 29.2 Å². The second-order valence-corrected chi connectivity index (χ2v) is 5.43. The highest BCUT2D eigenvalue weighted by atomic mass is 35.5. The Labute approximate surface area is 118 Å². The third-order valence-corrected chi connectivity index (χ3v) is 3.35. The minimum atomic E-state index is 0.549. The fraction of sp³-hybridized carbons (Fsp3) is 0.429. The van der Waals surface area contributed by atoms with Gasteiger partial charge in [-0.05, 0) is 30.5 Å². The molecule has 2 aromatic rings. The van der Waals surface area contributed by atoms with E-state index in [0.29, 0.717) is 12.5 Å². The van der Waals surface area contributed by atoms with E-state index < -0.39 is 0 Å². The van der Waals surface area contributed by atoms with Crippen molar-refractivity contribution in [2.75, 3.05) is 5.32 Å². The van der Waals surface area contributed by atoms with E-state index in [4.69, 9.17) is 11.6 Å². The molecule has 2 rings (SSSR count). The molecule has 0 spiro atoms. The lowest BCUT2D eigenvalue weighted by molar-refractivity contribution is 0.468. The zero-order chi connectivity index (χ0) is 13.8. The van der Waals surface area contributed by atoms with E-state index in [-0.39, 0.29) is 0 Å². The first-order valence-corrected chi connectivity index (χ1v) is 6.81. The standard InChI is InChI=1S/C14H19ClN4/c1-10(2)8-19-14(17-9-18-19)7-16-13-6-4-5-12(15)11(13)3/h4-6,9-10,16H,7-8H2,1-3H3. The van der Waals surface area contributed by atoms with Gasteiger partial charge in [0.1, 0.15) is 12.2 Å². The second kappa shape index (κ2) is 6.06. The molecule has 0 bridgehead atoms. The zero-order valence-electron chi connectivity index (χ0n) is 11.5. The highest BCUT2D eigenvalue weighted by Gasteiger charge is 2.07. The number of rotatable bonds is 5. The van der Waals surface area contributed by atoms with E-state index in [1.54, 1.807) is 6.33 Å². The van der Waals surface area contributed by atoms with Gasteiger partial charge in [0.2, 0.25) is 0 Å². The van der Waals surface area contributed by atoms with Gasteiger partial charge in [-0.3, -0.25) is 0 Å². The van der Waals surface area contributed by atoms with E-state index >= 15 is 0 Å². The average molecular weight is 279 g/mol. The molecule has 0 atom stereocenters. The summed E-state index contributed by atoms with van der Waals surface area (Å²) in [5.74, 6) is 1.49.